The molecule has 3 aromatic carbocycles. The van der Waals surface area contributed by atoms with Gasteiger partial charge in [-0.05, 0) is 17.0 Å². The van der Waals surface area contributed by atoms with E-state index < -0.39 is 11.8 Å². The van der Waals surface area contributed by atoms with Gasteiger partial charge in [0, 0.05) is 5.39 Å². The van der Waals surface area contributed by atoms with Gasteiger partial charge in [-0.2, -0.15) is 0 Å². The minimum absolute atomic E-state index is 0.0624. The van der Waals surface area contributed by atoms with Crippen LogP contribution in [0.1, 0.15) is 15.9 Å². The number of halogens is 1. The van der Waals surface area contributed by atoms with E-state index in [1.807, 2.05) is 36.4 Å². The van der Waals surface area contributed by atoms with Crippen molar-refractivity contribution >= 4 is 16.7 Å². The molecule has 0 fully saturated rings. The van der Waals surface area contributed by atoms with E-state index in [4.69, 9.17) is 4.74 Å². The normalized spacial score (nSPS) is 10.5. The minimum atomic E-state index is -0.724. The second-order valence-electron chi connectivity index (χ2n) is 5.05. The molecule has 0 atom stereocenters. The Labute approximate surface area is 133 Å². The molecule has 0 heterocycles. The molecule has 0 aliphatic rings. The van der Waals surface area contributed by atoms with Crippen LogP contribution >= 0.6 is 0 Å². The number of esters is 1. The molecule has 116 valence electrons. The van der Waals surface area contributed by atoms with E-state index in [1.165, 1.54) is 13.2 Å². The number of ether oxygens (including phenoxy) is 2. The maximum atomic E-state index is 14.7. The summed E-state index contributed by atoms with van der Waals surface area (Å²) in [6.45, 7) is 0.215. The molecule has 0 saturated heterocycles. The van der Waals surface area contributed by atoms with Crippen molar-refractivity contribution in [2.45, 2.75) is 6.61 Å². The van der Waals surface area contributed by atoms with E-state index in [0.717, 1.165) is 10.9 Å². The first-order valence-electron chi connectivity index (χ1n) is 7.17. The van der Waals surface area contributed by atoms with Crippen LogP contribution in [-0.2, 0) is 11.3 Å². The molecule has 0 saturated carbocycles. The van der Waals surface area contributed by atoms with E-state index in [-0.39, 0.29) is 17.9 Å². The van der Waals surface area contributed by atoms with Crippen LogP contribution in [0.25, 0.3) is 10.8 Å². The second-order valence-corrected chi connectivity index (χ2v) is 5.05. The fourth-order valence-corrected chi connectivity index (χ4v) is 2.42. The third-order valence-electron chi connectivity index (χ3n) is 3.57. The molecular formula is C19H15FO3. The molecule has 23 heavy (non-hydrogen) atoms. The Balaban J connectivity index is 2.06. The summed E-state index contributed by atoms with van der Waals surface area (Å²) >= 11 is 0. The van der Waals surface area contributed by atoms with Crippen LogP contribution in [0.5, 0.6) is 5.75 Å². The fraction of sp³-hybridized carbons (Fsp3) is 0.105. The SMILES string of the molecule is COC(=O)c1cc2ccccc2c(OCc2ccccc2)c1F. The molecule has 3 nitrogen and oxygen atoms in total. The van der Waals surface area contributed by atoms with Gasteiger partial charge in [0.05, 0.1) is 12.7 Å². The lowest BCUT2D eigenvalue weighted by Crippen LogP contribution is -2.07. The smallest absolute Gasteiger partial charge is 0.341 e. The van der Waals surface area contributed by atoms with Gasteiger partial charge in [-0.1, -0.05) is 54.6 Å². The van der Waals surface area contributed by atoms with Crippen LogP contribution in [0.4, 0.5) is 4.39 Å². The number of hydrogen-bond donors (Lipinski definition) is 0. The highest BCUT2D eigenvalue weighted by Gasteiger charge is 2.20. The minimum Gasteiger partial charge on any atom is -0.485 e. The topological polar surface area (TPSA) is 35.5 Å². The number of rotatable bonds is 4. The van der Waals surface area contributed by atoms with Crippen molar-refractivity contribution in [3.05, 3.63) is 77.6 Å². The number of hydrogen-bond acceptors (Lipinski definition) is 3. The van der Waals surface area contributed by atoms with E-state index in [2.05, 4.69) is 4.74 Å². The Morgan fingerprint density at radius 2 is 1.74 bits per heavy atom. The molecular weight excluding hydrogens is 295 g/mol. The molecule has 0 N–H and O–H groups in total. The summed E-state index contributed by atoms with van der Waals surface area (Å²) in [5.41, 5.74) is 0.786. The van der Waals surface area contributed by atoms with E-state index >= 15 is 0 Å². The summed E-state index contributed by atoms with van der Waals surface area (Å²) in [5, 5.41) is 1.34. The molecule has 0 bridgehead atoms. The first-order valence-corrected chi connectivity index (χ1v) is 7.17. The number of methoxy groups -OCH3 is 1. The molecule has 0 aliphatic carbocycles. The molecule has 3 rings (SSSR count). The fourth-order valence-electron chi connectivity index (χ4n) is 2.42. The highest BCUT2D eigenvalue weighted by molar-refractivity contribution is 5.98. The predicted molar refractivity (Wildman–Crippen MR) is 86.0 cm³/mol. The lowest BCUT2D eigenvalue weighted by Gasteiger charge is -2.13. The molecule has 0 aliphatic heterocycles. The Morgan fingerprint density at radius 3 is 2.48 bits per heavy atom. The van der Waals surface area contributed by atoms with Crippen molar-refractivity contribution in [3.63, 3.8) is 0 Å². The molecule has 0 amide bonds. The van der Waals surface area contributed by atoms with Gasteiger partial charge in [0.2, 0.25) is 0 Å². The lowest BCUT2D eigenvalue weighted by molar-refractivity contribution is 0.0594. The Hall–Kier alpha value is -2.88. The zero-order valence-corrected chi connectivity index (χ0v) is 12.6. The molecule has 4 heteroatoms. The second kappa shape index (κ2) is 6.48. The highest BCUT2D eigenvalue weighted by Crippen LogP contribution is 2.32. The zero-order valence-electron chi connectivity index (χ0n) is 12.6. The molecule has 0 radical (unpaired) electrons. The van der Waals surface area contributed by atoms with Crippen LogP contribution in [-0.4, -0.2) is 13.1 Å². The molecule has 3 aromatic rings. The summed E-state index contributed by atoms with van der Waals surface area (Å²) in [6, 6.07) is 18.1. The third-order valence-corrected chi connectivity index (χ3v) is 3.57. The van der Waals surface area contributed by atoms with Gasteiger partial charge in [0.25, 0.3) is 0 Å². The average molecular weight is 310 g/mol. The number of carbonyl (C=O) groups is 1. The van der Waals surface area contributed by atoms with E-state index in [0.29, 0.717) is 5.39 Å². The van der Waals surface area contributed by atoms with Crippen molar-refractivity contribution in [2.24, 2.45) is 0 Å². The van der Waals surface area contributed by atoms with Gasteiger partial charge < -0.3 is 9.47 Å². The van der Waals surface area contributed by atoms with E-state index in [1.54, 1.807) is 18.2 Å². The lowest BCUT2D eigenvalue weighted by atomic mass is 10.0. The summed E-state index contributed by atoms with van der Waals surface area (Å²) in [4.78, 5) is 11.8. The predicted octanol–water partition coefficient (Wildman–Crippen LogP) is 4.34. The van der Waals surface area contributed by atoms with Crippen molar-refractivity contribution in [1.82, 2.24) is 0 Å². The highest BCUT2D eigenvalue weighted by atomic mass is 19.1. The van der Waals surface area contributed by atoms with Gasteiger partial charge in [0.1, 0.15) is 6.61 Å². The van der Waals surface area contributed by atoms with Crippen molar-refractivity contribution in [1.29, 1.82) is 0 Å². The Bertz CT molecular complexity index is 844. The maximum Gasteiger partial charge on any atom is 0.341 e. The van der Waals surface area contributed by atoms with Gasteiger partial charge >= 0.3 is 5.97 Å². The largest absolute Gasteiger partial charge is 0.485 e. The number of benzene rings is 3. The molecule has 0 spiro atoms. The summed E-state index contributed by atoms with van der Waals surface area (Å²) in [7, 11) is 1.22. The molecule has 0 aromatic heterocycles. The summed E-state index contributed by atoms with van der Waals surface area (Å²) < 4.78 is 25.1. The Morgan fingerprint density at radius 1 is 1.04 bits per heavy atom. The van der Waals surface area contributed by atoms with E-state index in [9.17, 15) is 9.18 Å². The van der Waals surface area contributed by atoms with Crippen molar-refractivity contribution < 1.29 is 18.7 Å². The van der Waals surface area contributed by atoms with Crippen LogP contribution in [0.2, 0.25) is 0 Å². The first-order chi connectivity index (χ1) is 11.2. The van der Waals surface area contributed by atoms with Crippen LogP contribution in [0.15, 0.2) is 60.7 Å². The van der Waals surface area contributed by atoms with Crippen molar-refractivity contribution in [3.8, 4) is 5.75 Å². The Kier molecular flexibility index (Phi) is 4.24. The average Bonchev–Trinajstić information content (AvgIpc) is 2.60. The van der Waals surface area contributed by atoms with Crippen LogP contribution in [0.3, 0.4) is 0 Å². The molecule has 0 unspecified atom stereocenters. The summed E-state index contributed by atoms with van der Waals surface area (Å²) in [5.74, 6) is -1.36. The third kappa shape index (κ3) is 3.01. The van der Waals surface area contributed by atoms with Crippen LogP contribution in [0, 0.1) is 5.82 Å². The van der Waals surface area contributed by atoms with Crippen LogP contribution < -0.4 is 4.74 Å². The maximum absolute atomic E-state index is 14.7. The van der Waals surface area contributed by atoms with Gasteiger partial charge in [-0.3, -0.25) is 0 Å². The van der Waals surface area contributed by atoms with Gasteiger partial charge in [-0.25, -0.2) is 9.18 Å². The first kappa shape index (κ1) is 15.0. The number of carbonyl (C=O) groups excluding carboxylic acids is 1. The number of fused-ring (bicyclic) bond motifs is 1. The monoisotopic (exact) mass is 310 g/mol. The van der Waals surface area contributed by atoms with Crippen molar-refractivity contribution in [2.75, 3.05) is 7.11 Å². The quantitative estimate of drug-likeness (QED) is 0.672. The standard InChI is InChI=1S/C19H15FO3/c1-22-19(21)16-11-14-9-5-6-10-15(14)18(17(16)20)23-12-13-7-3-2-4-8-13/h2-11H,12H2,1H3. The summed E-state index contributed by atoms with van der Waals surface area (Å²) in [6.07, 6.45) is 0. The van der Waals surface area contributed by atoms with Gasteiger partial charge in [-0.15, -0.1) is 0 Å². The zero-order chi connectivity index (χ0) is 16.2. The van der Waals surface area contributed by atoms with Gasteiger partial charge in [0.15, 0.2) is 11.6 Å².